The first-order valence-corrected chi connectivity index (χ1v) is 30.9. The standard InChI is InChI=1S/C76H62F12N8/c1-69(2,3)57-33-53-49(29-45(57)37-13-21-41(22-14-37)73(77,78)79)61-89-65(53)93-62-50-30-46(38-15-23-42(24-16-38)74(80,81)82)58(70(4,5)6)34-54(50)67(90-62)95-64-52-32-48(40-19-27-44(28-20-40)76(86,87)88)60(72(10,11)12)36-56(52)68(92-64)96-63-51-31-47(39-17-25-43(26-18-39)75(83,84)85)59(71(7,8)9)35-55(51)66(91-63)94-61/h13-36H,1-12H3,(H2,89,90,91,92,93,94,95,96). The largest absolute Gasteiger partial charge is 0.416 e. The van der Waals surface area contributed by atoms with Crippen molar-refractivity contribution < 1.29 is 52.7 Å². The number of hydrogen-bond donors (Lipinski definition) is 2. The van der Waals surface area contributed by atoms with E-state index in [0.29, 0.717) is 88.3 Å². The van der Waals surface area contributed by atoms with Crippen molar-refractivity contribution in [3.8, 4) is 90.1 Å². The van der Waals surface area contributed by atoms with Crippen LogP contribution in [0.25, 0.3) is 134 Å². The number of fused-ring (bicyclic) bond motifs is 20. The first kappa shape index (κ1) is 65.0. The Bertz CT molecular complexity index is 4840. The number of aromatic nitrogens is 8. The summed E-state index contributed by atoms with van der Waals surface area (Å²) in [5.41, 5.74) is 3.82. The highest BCUT2D eigenvalue weighted by Crippen LogP contribution is 2.49. The number of benzene rings is 8. The highest BCUT2D eigenvalue weighted by molar-refractivity contribution is 6.09. The first-order chi connectivity index (χ1) is 44.6. The summed E-state index contributed by atoms with van der Waals surface area (Å²) in [6.45, 7) is 23.6. The second-order valence-electron chi connectivity index (χ2n) is 28.7. The summed E-state index contributed by atoms with van der Waals surface area (Å²) >= 11 is 0. The van der Waals surface area contributed by atoms with Crippen molar-refractivity contribution in [3.05, 3.63) is 190 Å². The third kappa shape index (κ3) is 11.8. The van der Waals surface area contributed by atoms with Gasteiger partial charge in [-0.1, -0.05) is 132 Å². The Kier molecular flexibility index (Phi) is 14.8. The predicted molar refractivity (Wildman–Crippen MR) is 353 cm³/mol. The minimum atomic E-state index is -4.62. The van der Waals surface area contributed by atoms with E-state index in [2.05, 4.69) is 9.97 Å². The number of nitrogens with zero attached hydrogens (tertiary/aromatic N) is 6. The summed E-state index contributed by atoms with van der Waals surface area (Å²) in [5.74, 6) is 0.521. The van der Waals surface area contributed by atoms with Gasteiger partial charge in [0.2, 0.25) is 0 Å². The Morgan fingerprint density at radius 3 is 0.646 bits per heavy atom. The molecular weight excluding hydrogens is 1250 g/mol. The molecule has 13 rings (SSSR count). The molecule has 2 aliphatic heterocycles. The molecule has 0 spiro atoms. The minimum absolute atomic E-state index is 0.120. The van der Waals surface area contributed by atoms with Crippen LogP contribution in [0.3, 0.4) is 0 Å². The van der Waals surface area contributed by atoms with Crippen LogP contribution in [-0.4, -0.2) is 39.9 Å². The lowest BCUT2D eigenvalue weighted by Crippen LogP contribution is -2.13. The van der Waals surface area contributed by atoms with E-state index in [1.807, 2.05) is 132 Å². The van der Waals surface area contributed by atoms with Gasteiger partial charge in [-0.05, 0) is 185 Å². The summed E-state index contributed by atoms with van der Waals surface area (Å²) in [7, 11) is 0. The molecule has 96 heavy (non-hydrogen) atoms. The molecule has 2 aliphatic rings. The molecule has 0 amide bonds. The first-order valence-electron chi connectivity index (χ1n) is 30.9. The van der Waals surface area contributed by atoms with Crippen LogP contribution < -0.4 is 0 Å². The summed E-state index contributed by atoms with van der Waals surface area (Å²) < 4.78 is 170. The molecule has 20 heteroatoms. The number of rotatable bonds is 4. The summed E-state index contributed by atoms with van der Waals surface area (Å²) in [6.07, 6.45) is -18.5. The van der Waals surface area contributed by atoms with Gasteiger partial charge in [-0.15, -0.1) is 0 Å². The Morgan fingerprint density at radius 2 is 0.427 bits per heavy atom. The van der Waals surface area contributed by atoms with Crippen LogP contribution in [0, 0.1) is 0 Å². The maximum atomic E-state index is 14.1. The average Bonchev–Trinajstić information content (AvgIpc) is 1.58. The molecule has 11 aromatic rings. The number of hydrogen-bond acceptors (Lipinski definition) is 6. The van der Waals surface area contributed by atoms with Crippen LogP contribution in [0.2, 0.25) is 0 Å². The van der Waals surface area contributed by atoms with E-state index in [1.165, 1.54) is 48.5 Å². The van der Waals surface area contributed by atoms with Crippen molar-refractivity contribution in [1.82, 2.24) is 39.9 Å². The van der Waals surface area contributed by atoms with Gasteiger partial charge in [0.1, 0.15) is 22.6 Å². The minimum Gasteiger partial charge on any atom is -0.324 e. The van der Waals surface area contributed by atoms with Crippen LogP contribution in [-0.2, 0) is 46.4 Å². The van der Waals surface area contributed by atoms with Gasteiger partial charge in [0.05, 0.1) is 22.3 Å². The zero-order chi connectivity index (χ0) is 69.1. The number of alkyl halides is 12. The van der Waals surface area contributed by atoms with Gasteiger partial charge < -0.3 is 9.97 Å². The van der Waals surface area contributed by atoms with E-state index in [0.717, 1.165) is 70.8 Å². The van der Waals surface area contributed by atoms with Crippen LogP contribution in [0.4, 0.5) is 52.7 Å². The van der Waals surface area contributed by atoms with Crippen molar-refractivity contribution >= 4 is 44.1 Å². The molecule has 5 heterocycles. The Morgan fingerprint density at radius 1 is 0.229 bits per heavy atom. The second-order valence-corrected chi connectivity index (χ2v) is 28.7. The van der Waals surface area contributed by atoms with Gasteiger partial charge in [-0.3, -0.25) is 0 Å². The zero-order valence-electron chi connectivity index (χ0n) is 54.1. The van der Waals surface area contributed by atoms with Crippen molar-refractivity contribution in [2.24, 2.45) is 0 Å². The monoisotopic (exact) mass is 1310 g/mol. The molecule has 8 nitrogen and oxygen atoms in total. The molecule has 490 valence electrons. The van der Waals surface area contributed by atoms with Crippen LogP contribution in [0.15, 0.2) is 146 Å². The molecule has 0 radical (unpaired) electrons. The van der Waals surface area contributed by atoms with E-state index in [4.69, 9.17) is 29.9 Å². The highest BCUT2D eigenvalue weighted by atomic mass is 19.4. The van der Waals surface area contributed by atoms with Gasteiger partial charge in [-0.2, -0.15) is 52.7 Å². The molecule has 0 aliphatic carbocycles. The quantitative estimate of drug-likeness (QED) is 0.170. The molecule has 0 atom stereocenters. The topological polar surface area (TPSA) is 109 Å². The van der Waals surface area contributed by atoms with E-state index in [-0.39, 0.29) is 45.9 Å². The normalized spacial score (nSPS) is 13.4. The lowest BCUT2D eigenvalue weighted by molar-refractivity contribution is -0.138. The highest BCUT2D eigenvalue weighted by Gasteiger charge is 2.36. The molecule has 8 bridgehead atoms. The van der Waals surface area contributed by atoms with Crippen LogP contribution >= 0.6 is 0 Å². The molecule has 3 aromatic heterocycles. The van der Waals surface area contributed by atoms with Crippen LogP contribution in [0.5, 0.6) is 0 Å². The summed E-state index contributed by atoms with van der Waals surface area (Å²) in [5, 5.41) is 1.95. The number of H-pyrrole nitrogens is 2. The number of aromatic amines is 2. The second kappa shape index (κ2) is 21.9. The molecule has 0 saturated heterocycles. The fraction of sp³-hybridized carbons (Fsp3) is 0.263. The Balaban J connectivity index is 1.21. The Labute approximate surface area is 544 Å². The smallest absolute Gasteiger partial charge is 0.324 e. The van der Waals surface area contributed by atoms with E-state index in [1.54, 1.807) is 0 Å². The number of nitrogens with one attached hydrogen (secondary N) is 2. The van der Waals surface area contributed by atoms with Gasteiger partial charge in [-0.25, -0.2) is 29.9 Å². The molecule has 0 unspecified atom stereocenters. The fourth-order valence-electron chi connectivity index (χ4n) is 12.8. The summed E-state index contributed by atoms with van der Waals surface area (Å²) in [6, 6.07) is 34.4. The van der Waals surface area contributed by atoms with Crippen LogP contribution in [0.1, 0.15) is 128 Å². The lowest BCUT2D eigenvalue weighted by Gasteiger charge is -2.24. The van der Waals surface area contributed by atoms with E-state index < -0.39 is 68.6 Å². The molecule has 0 fully saturated rings. The van der Waals surface area contributed by atoms with Crippen molar-refractivity contribution in [1.29, 1.82) is 0 Å². The molecule has 2 N–H and O–H groups in total. The SMILES string of the molecule is CC(C)(C)c1cc2c(cc1-c1ccc(C(F)(F)F)cc1)-c1nc-2nc2[nH]c(nc3nc(nc4[nH]c(n1)c1cc(C(C)(C)C)c(-c5ccc(C(F)(F)F)cc5)cc41)-c1cc(C(C)(C)C)c(-c4ccc(C(F)(F)F)cc4)cc1-3)c1cc(C(C)(C)C)c(-c3ccc(C(F)(F)F)cc3)cc21. The molecular formula is C76H62F12N8. The Hall–Kier alpha value is -9.72. The van der Waals surface area contributed by atoms with E-state index >= 15 is 0 Å². The maximum absolute atomic E-state index is 14.1. The van der Waals surface area contributed by atoms with Crippen molar-refractivity contribution in [3.63, 3.8) is 0 Å². The van der Waals surface area contributed by atoms with Gasteiger partial charge >= 0.3 is 24.7 Å². The maximum Gasteiger partial charge on any atom is 0.416 e. The van der Waals surface area contributed by atoms with E-state index in [9.17, 15) is 52.7 Å². The van der Waals surface area contributed by atoms with Gasteiger partial charge in [0, 0.05) is 43.8 Å². The average molecular weight is 1320 g/mol. The third-order valence-corrected chi connectivity index (χ3v) is 17.7. The van der Waals surface area contributed by atoms with Crippen molar-refractivity contribution in [2.45, 2.75) is 129 Å². The predicted octanol–water partition coefficient (Wildman–Crippen LogP) is 22.8. The lowest BCUT2D eigenvalue weighted by atomic mass is 9.79. The van der Waals surface area contributed by atoms with Gasteiger partial charge in [0.15, 0.2) is 23.3 Å². The zero-order valence-corrected chi connectivity index (χ0v) is 54.1. The molecule has 8 aromatic carbocycles. The number of halogens is 12. The summed E-state index contributed by atoms with van der Waals surface area (Å²) in [4.78, 5) is 38.8. The third-order valence-electron chi connectivity index (χ3n) is 17.7. The van der Waals surface area contributed by atoms with Crippen molar-refractivity contribution in [2.75, 3.05) is 0 Å². The fourth-order valence-corrected chi connectivity index (χ4v) is 12.8. The van der Waals surface area contributed by atoms with Gasteiger partial charge in [0.25, 0.3) is 0 Å². The molecule has 0 saturated carbocycles.